The molecule has 5 atom stereocenters. The summed E-state index contributed by atoms with van der Waals surface area (Å²) in [6.07, 6.45) is 8.48. The van der Waals surface area contributed by atoms with Crippen LogP contribution in [0, 0.1) is 17.8 Å². The van der Waals surface area contributed by atoms with E-state index in [4.69, 9.17) is 0 Å². The third kappa shape index (κ3) is 4.45. The Morgan fingerprint density at radius 2 is 1.86 bits per heavy atom. The van der Waals surface area contributed by atoms with Crippen molar-refractivity contribution in [3.8, 4) is 0 Å². The van der Waals surface area contributed by atoms with Gasteiger partial charge in [-0.15, -0.1) is 0 Å². The molecule has 1 N–H and O–H groups in total. The molecule has 0 aromatic heterocycles. The molecule has 0 radical (unpaired) electrons. The summed E-state index contributed by atoms with van der Waals surface area (Å²) >= 11 is 0. The van der Waals surface area contributed by atoms with Crippen LogP contribution in [0.3, 0.4) is 0 Å². The van der Waals surface area contributed by atoms with E-state index >= 15 is 0 Å². The van der Waals surface area contributed by atoms with Gasteiger partial charge in [0.15, 0.2) is 0 Å². The number of nitrogens with one attached hydrogen (secondary N) is 1. The van der Waals surface area contributed by atoms with E-state index in [9.17, 15) is 0 Å². The Hall–Kier alpha value is -0.0800. The van der Waals surface area contributed by atoms with Crippen molar-refractivity contribution in [2.24, 2.45) is 17.8 Å². The van der Waals surface area contributed by atoms with Gasteiger partial charge >= 0.3 is 0 Å². The van der Waals surface area contributed by atoms with E-state index in [0.717, 1.165) is 29.8 Å². The molecule has 5 unspecified atom stereocenters. The minimum absolute atomic E-state index is 0.700. The maximum atomic E-state index is 3.85. The van der Waals surface area contributed by atoms with E-state index in [1.54, 1.807) is 0 Å². The van der Waals surface area contributed by atoms with E-state index in [2.05, 4.69) is 44.8 Å². The summed E-state index contributed by atoms with van der Waals surface area (Å²) in [7, 11) is 0. The van der Waals surface area contributed by atoms with Crippen molar-refractivity contribution >= 4 is 0 Å². The van der Waals surface area contributed by atoms with Gasteiger partial charge in [0.05, 0.1) is 0 Å². The number of hydrogen-bond acceptors (Lipinski definition) is 2. The largest absolute Gasteiger partial charge is 0.311 e. The van der Waals surface area contributed by atoms with Gasteiger partial charge in [-0.3, -0.25) is 4.90 Å². The summed E-state index contributed by atoms with van der Waals surface area (Å²) < 4.78 is 0. The minimum atomic E-state index is 0.700. The van der Waals surface area contributed by atoms with Crippen LogP contribution in [0.4, 0.5) is 0 Å². The topological polar surface area (TPSA) is 15.3 Å². The molecule has 2 fully saturated rings. The van der Waals surface area contributed by atoms with Crippen molar-refractivity contribution in [3.63, 3.8) is 0 Å². The van der Waals surface area contributed by atoms with E-state index in [-0.39, 0.29) is 0 Å². The summed E-state index contributed by atoms with van der Waals surface area (Å²) in [6.45, 7) is 14.5. The van der Waals surface area contributed by atoms with Crippen LogP contribution in [-0.4, -0.2) is 36.1 Å². The quantitative estimate of drug-likeness (QED) is 0.778. The van der Waals surface area contributed by atoms with Gasteiger partial charge in [-0.05, 0) is 37.0 Å². The first-order valence-corrected chi connectivity index (χ1v) is 9.52. The molecule has 2 nitrogen and oxygen atoms in total. The van der Waals surface area contributed by atoms with Gasteiger partial charge in [0.1, 0.15) is 0 Å². The Morgan fingerprint density at radius 3 is 2.52 bits per heavy atom. The summed E-state index contributed by atoms with van der Waals surface area (Å²) in [5, 5.41) is 3.85. The maximum Gasteiger partial charge on any atom is 0.0247 e. The minimum Gasteiger partial charge on any atom is -0.311 e. The zero-order chi connectivity index (χ0) is 15.4. The molecule has 0 amide bonds. The maximum absolute atomic E-state index is 3.85. The second-order valence-corrected chi connectivity index (χ2v) is 8.18. The molecular formula is C19H38N2. The first kappa shape index (κ1) is 17.3. The number of rotatable bonds is 4. The van der Waals surface area contributed by atoms with Crippen LogP contribution in [-0.2, 0) is 0 Å². The standard InChI is InChI=1S/C19H38N2/c1-6-16(5)18-13-21(19(12-20-18)14(2)3)17-9-7-8-15(4)10-11-17/h14-20H,6-13H2,1-5H3. The van der Waals surface area contributed by atoms with Crippen molar-refractivity contribution in [2.75, 3.05) is 13.1 Å². The number of hydrogen-bond donors (Lipinski definition) is 1. The molecule has 1 aliphatic carbocycles. The van der Waals surface area contributed by atoms with Crippen LogP contribution >= 0.6 is 0 Å². The third-order valence-corrected chi connectivity index (χ3v) is 6.22. The Balaban J connectivity index is 2.06. The Labute approximate surface area is 133 Å². The van der Waals surface area contributed by atoms with Crippen LogP contribution < -0.4 is 5.32 Å². The van der Waals surface area contributed by atoms with Crippen molar-refractivity contribution < 1.29 is 0 Å². The molecule has 2 rings (SSSR count). The Kier molecular flexibility index (Phi) is 6.55. The molecule has 1 saturated carbocycles. The zero-order valence-electron chi connectivity index (χ0n) is 15.1. The molecular weight excluding hydrogens is 256 g/mol. The van der Waals surface area contributed by atoms with Crippen molar-refractivity contribution in [1.29, 1.82) is 0 Å². The first-order chi connectivity index (χ1) is 10.0. The summed E-state index contributed by atoms with van der Waals surface area (Å²) in [5.41, 5.74) is 0. The second-order valence-electron chi connectivity index (χ2n) is 8.18. The number of piperazine rings is 1. The molecule has 2 heteroatoms. The highest BCUT2D eigenvalue weighted by atomic mass is 15.3. The first-order valence-electron chi connectivity index (χ1n) is 9.52. The fourth-order valence-corrected chi connectivity index (χ4v) is 4.32. The Morgan fingerprint density at radius 1 is 1.10 bits per heavy atom. The fourth-order valence-electron chi connectivity index (χ4n) is 4.32. The highest BCUT2D eigenvalue weighted by Gasteiger charge is 2.36. The monoisotopic (exact) mass is 294 g/mol. The lowest BCUT2D eigenvalue weighted by Crippen LogP contribution is -2.62. The van der Waals surface area contributed by atoms with Gasteiger partial charge in [-0.25, -0.2) is 0 Å². The lowest BCUT2D eigenvalue weighted by Gasteiger charge is -2.47. The van der Waals surface area contributed by atoms with Crippen molar-refractivity contribution in [2.45, 2.75) is 91.3 Å². The average molecular weight is 295 g/mol. The molecule has 0 aromatic carbocycles. The highest BCUT2D eigenvalue weighted by molar-refractivity contribution is 4.93. The van der Waals surface area contributed by atoms with Crippen LogP contribution in [0.15, 0.2) is 0 Å². The molecule has 1 saturated heterocycles. The lowest BCUT2D eigenvalue weighted by atomic mass is 9.89. The van der Waals surface area contributed by atoms with Gasteiger partial charge < -0.3 is 5.32 Å². The van der Waals surface area contributed by atoms with E-state index in [0.29, 0.717) is 6.04 Å². The SMILES string of the molecule is CCC(C)C1CN(C2CCCC(C)CC2)C(C(C)C)CN1. The molecule has 0 spiro atoms. The van der Waals surface area contributed by atoms with Crippen LogP contribution in [0.1, 0.15) is 73.1 Å². The van der Waals surface area contributed by atoms with E-state index in [1.165, 1.54) is 51.6 Å². The molecule has 1 aliphatic heterocycles. The van der Waals surface area contributed by atoms with Gasteiger partial charge in [0.2, 0.25) is 0 Å². The predicted molar refractivity (Wildman–Crippen MR) is 92.6 cm³/mol. The summed E-state index contributed by atoms with van der Waals surface area (Å²) in [6, 6.07) is 2.28. The molecule has 21 heavy (non-hydrogen) atoms. The lowest BCUT2D eigenvalue weighted by molar-refractivity contribution is 0.0367. The molecule has 0 bridgehead atoms. The summed E-state index contributed by atoms with van der Waals surface area (Å²) in [4.78, 5) is 2.91. The average Bonchev–Trinajstić information content (AvgIpc) is 2.70. The molecule has 2 aliphatic rings. The fraction of sp³-hybridized carbons (Fsp3) is 1.00. The van der Waals surface area contributed by atoms with Gasteiger partial charge in [0, 0.05) is 31.2 Å². The van der Waals surface area contributed by atoms with Gasteiger partial charge in [-0.2, -0.15) is 0 Å². The number of nitrogens with zero attached hydrogens (tertiary/aromatic N) is 1. The predicted octanol–water partition coefficient (Wildman–Crippen LogP) is 4.30. The normalized spacial score (nSPS) is 37.4. The molecule has 1 heterocycles. The van der Waals surface area contributed by atoms with Crippen LogP contribution in [0.5, 0.6) is 0 Å². The van der Waals surface area contributed by atoms with Crippen LogP contribution in [0.2, 0.25) is 0 Å². The second kappa shape index (κ2) is 7.97. The zero-order valence-corrected chi connectivity index (χ0v) is 15.1. The van der Waals surface area contributed by atoms with Crippen molar-refractivity contribution in [1.82, 2.24) is 10.2 Å². The summed E-state index contributed by atoms with van der Waals surface area (Å²) in [5.74, 6) is 2.50. The van der Waals surface area contributed by atoms with E-state index < -0.39 is 0 Å². The van der Waals surface area contributed by atoms with Gasteiger partial charge in [-0.1, -0.05) is 53.9 Å². The Bertz CT molecular complexity index is 302. The third-order valence-electron chi connectivity index (χ3n) is 6.22. The van der Waals surface area contributed by atoms with E-state index in [1.807, 2.05) is 0 Å². The smallest absolute Gasteiger partial charge is 0.0247 e. The van der Waals surface area contributed by atoms with Gasteiger partial charge in [0.25, 0.3) is 0 Å². The van der Waals surface area contributed by atoms with Crippen molar-refractivity contribution in [3.05, 3.63) is 0 Å². The molecule has 124 valence electrons. The molecule has 0 aromatic rings. The van der Waals surface area contributed by atoms with Crippen LogP contribution in [0.25, 0.3) is 0 Å². The highest BCUT2D eigenvalue weighted by Crippen LogP contribution is 2.30.